The summed E-state index contributed by atoms with van der Waals surface area (Å²) in [5.74, 6) is 0.440. The molecule has 0 saturated carbocycles. The summed E-state index contributed by atoms with van der Waals surface area (Å²) in [4.78, 5) is 8.64. The summed E-state index contributed by atoms with van der Waals surface area (Å²) >= 11 is 21.7. The van der Waals surface area contributed by atoms with E-state index in [1.807, 2.05) is 6.92 Å². The van der Waals surface area contributed by atoms with Crippen LogP contribution in [-0.4, -0.2) is 9.97 Å². The summed E-state index contributed by atoms with van der Waals surface area (Å²) in [6, 6.07) is 5.26. The van der Waals surface area contributed by atoms with Gasteiger partial charge in [-0.3, -0.25) is 0 Å². The van der Waals surface area contributed by atoms with E-state index in [1.54, 1.807) is 18.2 Å². The van der Waals surface area contributed by atoms with Crippen molar-refractivity contribution in [2.24, 2.45) is 0 Å². The van der Waals surface area contributed by atoms with Crippen LogP contribution in [0.2, 0.25) is 15.2 Å². The van der Waals surface area contributed by atoms with Crippen LogP contribution < -0.4 is 0 Å². The summed E-state index contributed by atoms with van der Waals surface area (Å²) in [6.45, 7) is 1.99. The second-order valence-corrected chi connectivity index (χ2v) is 5.51. The monoisotopic (exact) mass is 364 g/mol. The van der Waals surface area contributed by atoms with Crippen LogP contribution in [0.25, 0.3) is 11.4 Å². The van der Waals surface area contributed by atoms with Crippen molar-refractivity contribution in [1.29, 1.82) is 0 Å². The third-order valence-corrected chi connectivity index (χ3v) is 4.37. The quantitative estimate of drug-likeness (QED) is 0.663. The molecule has 0 unspecified atom stereocenters. The lowest BCUT2D eigenvalue weighted by atomic mass is 10.2. The predicted molar refractivity (Wildman–Crippen MR) is 79.6 cm³/mol. The number of nitrogens with zero attached hydrogens (tertiary/aromatic N) is 2. The molecule has 0 atom stereocenters. The number of aromatic nitrogens is 2. The average Bonchev–Trinajstić information content (AvgIpc) is 2.33. The zero-order chi connectivity index (χ0) is 13.3. The predicted octanol–water partition coefficient (Wildman–Crippen LogP) is 5.43. The first-order valence-electron chi connectivity index (χ1n) is 5.21. The van der Waals surface area contributed by atoms with E-state index in [-0.39, 0.29) is 0 Å². The first-order chi connectivity index (χ1) is 8.54. The Morgan fingerprint density at radius 1 is 1.11 bits per heavy atom. The maximum atomic E-state index is 6.13. The molecule has 1 aromatic carbocycles. The Bertz CT molecular complexity index is 582. The van der Waals surface area contributed by atoms with E-state index in [0.29, 0.717) is 31.1 Å². The van der Waals surface area contributed by atoms with Gasteiger partial charge in [0, 0.05) is 0 Å². The lowest BCUT2D eigenvalue weighted by Crippen LogP contribution is -1.98. The Morgan fingerprint density at radius 2 is 1.72 bits per heavy atom. The molecule has 2 rings (SSSR count). The highest BCUT2D eigenvalue weighted by atomic mass is 79.9. The van der Waals surface area contributed by atoms with Gasteiger partial charge in [-0.05, 0) is 34.5 Å². The number of hydrogen-bond donors (Lipinski definition) is 0. The van der Waals surface area contributed by atoms with Gasteiger partial charge >= 0.3 is 0 Å². The number of aryl methyl sites for hydroxylation is 1. The number of hydrogen-bond acceptors (Lipinski definition) is 2. The van der Waals surface area contributed by atoms with Crippen molar-refractivity contribution in [3.8, 4) is 11.4 Å². The van der Waals surface area contributed by atoms with Crippen LogP contribution in [0, 0.1) is 0 Å². The molecule has 0 N–H and O–H groups in total. The average molecular weight is 366 g/mol. The molecule has 1 heterocycles. The number of halogens is 4. The molecule has 1 aromatic heterocycles. The minimum atomic E-state index is 0.354. The maximum absolute atomic E-state index is 6.13. The maximum Gasteiger partial charge on any atom is 0.164 e. The lowest BCUT2D eigenvalue weighted by molar-refractivity contribution is 0.991. The van der Waals surface area contributed by atoms with Gasteiger partial charge in [-0.15, -0.1) is 0 Å². The van der Waals surface area contributed by atoms with Crippen molar-refractivity contribution in [3.05, 3.63) is 43.6 Å². The zero-order valence-corrected chi connectivity index (χ0v) is 13.2. The second-order valence-electron chi connectivity index (χ2n) is 3.55. The van der Waals surface area contributed by atoms with Crippen LogP contribution in [0.4, 0.5) is 0 Å². The van der Waals surface area contributed by atoms with Crippen molar-refractivity contribution in [2.75, 3.05) is 0 Å². The molecule has 0 radical (unpaired) electrons. The fraction of sp³-hybridized carbons (Fsp3) is 0.167. The van der Waals surface area contributed by atoms with Crippen LogP contribution in [-0.2, 0) is 6.42 Å². The number of rotatable bonds is 2. The molecule has 0 amide bonds. The van der Waals surface area contributed by atoms with Crippen LogP contribution in [0.3, 0.4) is 0 Å². The van der Waals surface area contributed by atoms with Gasteiger partial charge in [0.05, 0.1) is 25.8 Å². The molecular weight excluding hydrogens is 358 g/mol. The van der Waals surface area contributed by atoms with Gasteiger partial charge in [-0.1, -0.05) is 47.8 Å². The molecular formula is C12H8BrCl3N2. The highest BCUT2D eigenvalue weighted by Crippen LogP contribution is 2.35. The van der Waals surface area contributed by atoms with Gasteiger partial charge in [0.2, 0.25) is 0 Å². The smallest absolute Gasteiger partial charge is 0.164 e. The molecule has 0 aliphatic carbocycles. The van der Waals surface area contributed by atoms with Crippen molar-refractivity contribution in [2.45, 2.75) is 13.3 Å². The van der Waals surface area contributed by atoms with E-state index in [4.69, 9.17) is 34.8 Å². The van der Waals surface area contributed by atoms with Crippen LogP contribution in [0.1, 0.15) is 12.6 Å². The third-order valence-electron chi connectivity index (χ3n) is 2.40. The summed E-state index contributed by atoms with van der Waals surface area (Å²) < 4.78 is 0.707. The molecule has 0 spiro atoms. The van der Waals surface area contributed by atoms with Gasteiger partial charge in [-0.2, -0.15) is 0 Å². The molecule has 18 heavy (non-hydrogen) atoms. The first-order valence-corrected chi connectivity index (χ1v) is 7.13. The molecule has 2 nitrogen and oxygen atoms in total. The fourth-order valence-electron chi connectivity index (χ4n) is 1.52. The Hall–Kier alpha value is -0.350. The van der Waals surface area contributed by atoms with E-state index < -0.39 is 0 Å². The van der Waals surface area contributed by atoms with Crippen molar-refractivity contribution in [3.63, 3.8) is 0 Å². The standard InChI is InChI=1S/C12H8BrCl3N2/c1-2-8-10(13)11(16)18-12(17-8)9-6(14)4-3-5-7(9)15/h3-5H,2H2,1H3. The SMILES string of the molecule is CCc1nc(-c2c(Cl)cccc2Cl)nc(Cl)c1Br. The van der Waals surface area contributed by atoms with E-state index in [1.165, 1.54) is 0 Å². The minimum Gasteiger partial charge on any atom is -0.232 e. The molecule has 0 fully saturated rings. The molecule has 0 bridgehead atoms. The number of benzene rings is 1. The normalized spacial score (nSPS) is 10.7. The van der Waals surface area contributed by atoms with Gasteiger partial charge in [-0.25, -0.2) is 9.97 Å². The van der Waals surface area contributed by atoms with Gasteiger partial charge in [0.15, 0.2) is 5.82 Å². The van der Waals surface area contributed by atoms with Crippen molar-refractivity contribution in [1.82, 2.24) is 9.97 Å². The van der Waals surface area contributed by atoms with Crippen molar-refractivity contribution >= 4 is 50.7 Å². The van der Waals surface area contributed by atoms with Crippen LogP contribution >= 0.6 is 50.7 Å². The molecule has 0 aliphatic rings. The Labute approximate surface area is 128 Å². The third kappa shape index (κ3) is 2.64. The summed E-state index contributed by atoms with van der Waals surface area (Å²) in [5, 5.41) is 1.36. The topological polar surface area (TPSA) is 25.8 Å². The van der Waals surface area contributed by atoms with Crippen LogP contribution in [0.15, 0.2) is 22.7 Å². The molecule has 2 aromatic rings. The van der Waals surface area contributed by atoms with Gasteiger partial charge < -0.3 is 0 Å². The van der Waals surface area contributed by atoms with Gasteiger partial charge in [0.1, 0.15) is 5.15 Å². The molecule has 0 saturated heterocycles. The Morgan fingerprint density at radius 3 is 2.28 bits per heavy atom. The Balaban J connectivity index is 2.68. The van der Waals surface area contributed by atoms with E-state index in [2.05, 4.69) is 25.9 Å². The van der Waals surface area contributed by atoms with Crippen LogP contribution in [0.5, 0.6) is 0 Å². The summed E-state index contributed by atoms with van der Waals surface area (Å²) in [7, 11) is 0. The van der Waals surface area contributed by atoms with E-state index in [0.717, 1.165) is 12.1 Å². The summed E-state index contributed by atoms with van der Waals surface area (Å²) in [5.41, 5.74) is 1.42. The highest BCUT2D eigenvalue weighted by Gasteiger charge is 2.15. The highest BCUT2D eigenvalue weighted by molar-refractivity contribution is 9.10. The fourth-order valence-corrected chi connectivity index (χ4v) is 2.73. The zero-order valence-electron chi connectivity index (χ0n) is 9.35. The van der Waals surface area contributed by atoms with E-state index >= 15 is 0 Å². The Kier molecular flexibility index (Phi) is 4.49. The van der Waals surface area contributed by atoms with E-state index in [9.17, 15) is 0 Å². The minimum absolute atomic E-state index is 0.354. The largest absolute Gasteiger partial charge is 0.232 e. The van der Waals surface area contributed by atoms with Crippen molar-refractivity contribution < 1.29 is 0 Å². The molecule has 94 valence electrons. The first kappa shape index (κ1) is 14.1. The van der Waals surface area contributed by atoms with Gasteiger partial charge in [0.25, 0.3) is 0 Å². The molecule has 6 heteroatoms. The lowest BCUT2D eigenvalue weighted by Gasteiger charge is -2.09. The second kappa shape index (κ2) is 5.74. The summed E-state index contributed by atoms with van der Waals surface area (Å²) in [6.07, 6.45) is 0.734. The molecule has 0 aliphatic heterocycles.